The van der Waals surface area contributed by atoms with E-state index in [1.54, 1.807) is 0 Å². The zero-order valence-corrected chi connectivity index (χ0v) is 16.0. The Morgan fingerprint density at radius 3 is 2.28 bits per heavy atom. The second-order valence-corrected chi connectivity index (χ2v) is 7.73. The Bertz CT molecular complexity index is 896. The summed E-state index contributed by atoms with van der Waals surface area (Å²) < 4.78 is 2.24. The van der Waals surface area contributed by atoms with Crippen molar-refractivity contribution in [1.29, 1.82) is 0 Å². The lowest BCUT2D eigenvalue weighted by molar-refractivity contribution is 0.318. The smallest absolute Gasteiger partial charge is 0.124 e. The Balaban J connectivity index is 1.76. The van der Waals surface area contributed by atoms with E-state index in [1.807, 2.05) is 36.4 Å². The fourth-order valence-corrected chi connectivity index (χ4v) is 3.82. The summed E-state index contributed by atoms with van der Waals surface area (Å²) in [6.07, 6.45) is 2.52. The molecule has 4 rings (SSSR count). The van der Waals surface area contributed by atoms with Crippen LogP contribution in [-0.2, 0) is 13.1 Å². The molecule has 0 amide bonds. The summed E-state index contributed by atoms with van der Waals surface area (Å²) in [5, 5.41) is 1.84. The van der Waals surface area contributed by atoms with E-state index in [4.69, 9.17) is 39.8 Å². The van der Waals surface area contributed by atoms with Crippen LogP contribution in [0.1, 0.15) is 24.2 Å². The SMILES string of the molecule is Clc1ccc(Cn2c(CN3CCCC3)nc3cc(Cl)c(Cl)cc32)cc1. The number of nitrogens with zero attached hydrogens (tertiary/aromatic N) is 3. The van der Waals surface area contributed by atoms with Crippen LogP contribution >= 0.6 is 34.8 Å². The predicted molar refractivity (Wildman–Crippen MR) is 105 cm³/mol. The van der Waals surface area contributed by atoms with Gasteiger partial charge in [0.05, 0.1) is 27.6 Å². The minimum Gasteiger partial charge on any atom is -0.322 e. The molecule has 1 aromatic heterocycles. The summed E-state index contributed by atoms with van der Waals surface area (Å²) in [7, 11) is 0. The van der Waals surface area contributed by atoms with E-state index < -0.39 is 0 Å². The Morgan fingerprint density at radius 2 is 1.56 bits per heavy atom. The molecule has 25 heavy (non-hydrogen) atoms. The number of hydrogen-bond acceptors (Lipinski definition) is 2. The van der Waals surface area contributed by atoms with E-state index in [2.05, 4.69) is 9.47 Å². The van der Waals surface area contributed by atoms with Gasteiger partial charge in [0.1, 0.15) is 5.82 Å². The molecule has 0 unspecified atom stereocenters. The number of hydrogen-bond donors (Lipinski definition) is 0. The average molecular weight is 395 g/mol. The first kappa shape index (κ1) is 17.2. The van der Waals surface area contributed by atoms with Gasteiger partial charge in [-0.2, -0.15) is 0 Å². The highest BCUT2D eigenvalue weighted by atomic mass is 35.5. The van der Waals surface area contributed by atoms with Crippen molar-refractivity contribution in [3.63, 3.8) is 0 Å². The van der Waals surface area contributed by atoms with Crippen molar-refractivity contribution in [2.24, 2.45) is 0 Å². The minimum absolute atomic E-state index is 0.540. The molecule has 2 aromatic carbocycles. The summed E-state index contributed by atoms with van der Waals surface area (Å²) >= 11 is 18.5. The molecule has 6 heteroatoms. The predicted octanol–water partition coefficient (Wildman–Crippen LogP) is 5.64. The molecule has 130 valence electrons. The molecule has 3 aromatic rings. The lowest BCUT2D eigenvalue weighted by Crippen LogP contribution is -2.21. The van der Waals surface area contributed by atoms with Crippen molar-refractivity contribution in [2.75, 3.05) is 13.1 Å². The van der Waals surface area contributed by atoms with Gasteiger partial charge in [0, 0.05) is 11.6 Å². The second kappa shape index (κ2) is 7.16. The molecule has 2 heterocycles. The van der Waals surface area contributed by atoms with Gasteiger partial charge in [-0.3, -0.25) is 4.90 Å². The van der Waals surface area contributed by atoms with E-state index in [1.165, 1.54) is 18.4 Å². The number of benzene rings is 2. The normalized spacial score (nSPS) is 15.3. The highest BCUT2D eigenvalue weighted by Gasteiger charge is 2.18. The first-order valence-electron chi connectivity index (χ1n) is 8.41. The third-order valence-corrected chi connectivity index (χ3v) is 5.66. The molecule has 0 N–H and O–H groups in total. The summed E-state index contributed by atoms with van der Waals surface area (Å²) in [6, 6.07) is 11.7. The average Bonchev–Trinajstić information content (AvgIpc) is 3.20. The van der Waals surface area contributed by atoms with Crippen LogP contribution in [0.2, 0.25) is 15.1 Å². The maximum atomic E-state index is 6.26. The third-order valence-electron chi connectivity index (χ3n) is 4.69. The summed E-state index contributed by atoms with van der Waals surface area (Å²) in [5.74, 6) is 1.05. The van der Waals surface area contributed by atoms with Gasteiger partial charge in [-0.15, -0.1) is 0 Å². The lowest BCUT2D eigenvalue weighted by Gasteiger charge is -2.16. The molecule has 0 atom stereocenters. The lowest BCUT2D eigenvalue weighted by atomic mass is 10.2. The quantitative estimate of drug-likeness (QED) is 0.571. The number of fused-ring (bicyclic) bond motifs is 1. The van der Waals surface area contributed by atoms with Crippen LogP contribution in [0.3, 0.4) is 0 Å². The van der Waals surface area contributed by atoms with Gasteiger partial charge in [-0.05, 0) is 55.8 Å². The van der Waals surface area contributed by atoms with Crippen molar-refractivity contribution in [1.82, 2.24) is 14.5 Å². The molecule has 0 bridgehead atoms. The molecular formula is C19H18Cl3N3. The van der Waals surface area contributed by atoms with E-state index >= 15 is 0 Å². The third kappa shape index (κ3) is 3.65. The van der Waals surface area contributed by atoms with Crippen molar-refractivity contribution >= 4 is 45.8 Å². The highest BCUT2D eigenvalue weighted by Crippen LogP contribution is 2.29. The standard InChI is InChI=1S/C19H18Cl3N3/c20-14-5-3-13(4-6-14)11-25-18-10-16(22)15(21)9-17(18)23-19(25)12-24-7-1-2-8-24/h3-6,9-10H,1-2,7-8,11-12H2. The molecule has 1 saturated heterocycles. The molecule has 0 saturated carbocycles. The van der Waals surface area contributed by atoms with Crippen LogP contribution in [-0.4, -0.2) is 27.5 Å². The van der Waals surface area contributed by atoms with E-state index in [-0.39, 0.29) is 0 Å². The Morgan fingerprint density at radius 1 is 0.880 bits per heavy atom. The van der Waals surface area contributed by atoms with Crippen molar-refractivity contribution in [3.8, 4) is 0 Å². The number of aromatic nitrogens is 2. The van der Waals surface area contributed by atoms with Crippen molar-refractivity contribution in [3.05, 3.63) is 62.9 Å². The number of rotatable bonds is 4. The molecule has 0 spiro atoms. The topological polar surface area (TPSA) is 21.1 Å². The monoisotopic (exact) mass is 393 g/mol. The number of imidazole rings is 1. The number of likely N-dealkylation sites (tertiary alicyclic amines) is 1. The van der Waals surface area contributed by atoms with Gasteiger partial charge in [0.25, 0.3) is 0 Å². The molecule has 0 radical (unpaired) electrons. The van der Waals surface area contributed by atoms with Crippen LogP contribution in [0.25, 0.3) is 11.0 Å². The first-order valence-corrected chi connectivity index (χ1v) is 9.54. The van der Waals surface area contributed by atoms with Crippen LogP contribution in [0, 0.1) is 0 Å². The Hall–Kier alpha value is -1.26. The van der Waals surface area contributed by atoms with Gasteiger partial charge in [0.15, 0.2) is 0 Å². The summed E-state index contributed by atoms with van der Waals surface area (Å²) in [4.78, 5) is 7.29. The van der Waals surface area contributed by atoms with Crippen molar-refractivity contribution in [2.45, 2.75) is 25.9 Å². The second-order valence-electron chi connectivity index (χ2n) is 6.48. The summed E-state index contributed by atoms with van der Waals surface area (Å²) in [5.41, 5.74) is 3.08. The molecule has 1 fully saturated rings. The van der Waals surface area contributed by atoms with Crippen molar-refractivity contribution < 1.29 is 0 Å². The zero-order chi connectivity index (χ0) is 17.4. The largest absolute Gasteiger partial charge is 0.322 e. The maximum absolute atomic E-state index is 6.26. The van der Waals surface area contributed by atoms with E-state index in [9.17, 15) is 0 Å². The van der Waals surface area contributed by atoms with E-state index in [0.717, 1.165) is 48.1 Å². The van der Waals surface area contributed by atoms with Crippen LogP contribution in [0.5, 0.6) is 0 Å². The summed E-state index contributed by atoms with van der Waals surface area (Å²) in [6.45, 7) is 3.84. The van der Waals surface area contributed by atoms with Crippen LogP contribution in [0.15, 0.2) is 36.4 Å². The molecule has 0 aliphatic carbocycles. The molecule has 1 aliphatic rings. The van der Waals surface area contributed by atoms with Crippen LogP contribution in [0.4, 0.5) is 0 Å². The fourth-order valence-electron chi connectivity index (χ4n) is 3.38. The fraction of sp³-hybridized carbons (Fsp3) is 0.316. The highest BCUT2D eigenvalue weighted by molar-refractivity contribution is 6.42. The van der Waals surface area contributed by atoms with Gasteiger partial charge >= 0.3 is 0 Å². The molecular weight excluding hydrogens is 377 g/mol. The van der Waals surface area contributed by atoms with E-state index in [0.29, 0.717) is 10.0 Å². The maximum Gasteiger partial charge on any atom is 0.124 e. The molecule has 3 nitrogen and oxygen atoms in total. The number of halogens is 3. The van der Waals surface area contributed by atoms with Gasteiger partial charge in [0.2, 0.25) is 0 Å². The zero-order valence-electron chi connectivity index (χ0n) is 13.7. The Labute approximate surface area is 162 Å². The molecule has 1 aliphatic heterocycles. The Kier molecular flexibility index (Phi) is 4.92. The van der Waals surface area contributed by atoms with Gasteiger partial charge < -0.3 is 4.57 Å². The van der Waals surface area contributed by atoms with Gasteiger partial charge in [-0.1, -0.05) is 46.9 Å². The first-order chi connectivity index (χ1) is 12.1. The van der Waals surface area contributed by atoms with Gasteiger partial charge in [-0.25, -0.2) is 4.98 Å². The minimum atomic E-state index is 0.540. The van der Waals surface area contributed by atoms with Crippen LogP contribution < -0.4 is 0 Å².